The van der Waals surface area contributed by atoms with Gasteiger partial charge in [0.15, 0.2) is 0 Å². The van der Waals surface area contributed by atoms with Crippen molar-refractivity contribution in [1.82, 2.24) is 10.2 Å². The van der Waals surface area contributed by atoms with Gasteiger partial charge in [-0.3, -0.25) is 15.0 Å². The first kappa shape index (κ1) is 22.8. The number of nitrogens with one attached hydrogen (secondary N) is 2. The Labute approximate surface area is 182 Å². The fourth-order valence-corrected chi connectivity index (χ4v) is 3.35. The molecule has 1 unspecified atom stereocenters. The van der Waals surface area contributed by atoms with E-state index in [-0.39, 0.29) is 11.9 Å². The third kappa shape index (κ3) is 6.83. The van der Waals surface area contributed by atoms with Gasteiger partial charge in [0.05, 0.1) is 19.3 Å². The lowest BCUT2D eigenvalue weighted by Crippen LogP contribution is -2.43. The molecule has 1 aromatic carbocycles. The number of benzene rings is 1. The first-order chi connectivity index (χ1) is 14.7. The molecular weight excluding hydrogens is 398 g/mol. The minimum Gasteiger partial charge on any atom is -0.465 e. The molecule has 0 saturated carbocycles. The molecule has 0 radical (unpaired) electrons. The second kappa shape index (κ2) is 9.98. The molecule has 2 aromatic rings. The largest absolute Gasteiger partial charge is 0.465 e. The van der Waals surface area contributed by atoms with Crippen LogP contribution in [0.1, 0.15) is 48.7 Å². The first-order valence-electron chi connectivity index (χ1n) is 10.5. The number of carbonyl (C=O) groups excluding carboxylic acids is 2. The Morgan fingerprint density at radius 1 is 1.10 bits per heavy atom. The molecule has 0 spiro atoms. The monoisotopic (exact) mass is 429 g/mol. The van der Waals surface area contributed by atoms with Crippen LogP contribution in [-0.4, -0.2) is 55.3 Å². The molecule has 8 heteroatoms. The molecule has 2 heterocycles. The molecule has 2 N–H and O–H groups in total. The van der Waals surface area contributed by atoms with Crippen molar-refractivity contribution < 1.29 is 23.5 Å². The van der Waals surface area contributed by atoms with Crippen molar-refractivity contribution in [2.75, 3.05) is 38.2 Å². The van der Waals surface area contributed by atoms with Crippen LogP contribution in [0.3, 0.4) is 0 Å². The summed E-state index contributed by atoms with van der Waals surface area (Å²) in [4.78, 5) is 26.8. The van der Waals surface area contributed by atoms with Gasteiger partial charge in [-0.1, -0.05) is 0 Å². The number of hydrogen-bond donors (Lipinski definition) is 2. The van der Waals surface area contributed by atoms with Gasteiger partial charge in [0.1, 0.15) is 17.1 Å². The van der Waals surface area contributed by atoms with E-state index in [1.165, 1.54) is 0 Å². The van der Waals surface area contributed by atoms with Gasteiger partial charge in [-0.15, -0.1) is 0 Å². The molecule has 0 bridgehead atoms. The van der Waals surface area contributed by atoms with Crippen molar-refractivity contribution in [1.29, 1.82) is 0 Å². The fraction of sp³-hybridized carbons (Fsp3) is 0.478. The maximum absolute atomic E-state index is 12.7. The summed E-state index contributed by atoms with van der Waals surface area (Å²) in [5.41, 5.74) is 0.488. The standard InChI is InChI=1S/C23H31N3O5/c1-16-5-10-20(30-16)19(26-11-13-29-14-12-26)15-24-21(27)17-6-8-18(9-7-17)25-22(28)31-23(2,3)4/h5-10,19H,11-15H2,1-4H3,(H,24,27)(H,25,28). The van der Waals surface area contributed by atoms with Gasteiger partial charge in [0.2, 0.25) is 0 Å². The number of aryl methyl sites for hydroxylation is 1. The molecule has 1 aromatic heterocycles. The Bertz CT molecular complexity index is 879. The fourth-order valence-electron chi connectivity index (χ4n) is 3.35. The quantitative estimate of drug-likeness (QED) is 0.727. The van der Waals surface area contributed by atoms with Gasteiger partial charge in [-0.05, 0) is 64.1 Å². The summed E-state index contributed by atoms with van der Waals surface area (Å²) in [6.07, 6.45) is -0.535. The second-order valence-electron chi connectivity index (χ2n) is 8.53. The van der Waals surface area contributed by atoms with Crippen LogP contribution in [0.15, 0.2) is 40.8 Å². The van der Waals surface area contributed by atoms with E-state index in [1.807, 2.05) is 19.1 Å². The Morgan fingerprint density at radius 2 is 1.77 bits per heavy atom. The topological polar surface area (TPSA) is 93.0 Å². The number of hydrogen-bond acceptors (Lipinski definition) is 6. The zero-order valence-corrected chi connectivity index (χ0v) is 18.6. The average molecular weight is 430 g/mol. The van der Waals surface area contributed by atoms with Crippen LogP contribution in [-0.2, 0) is 9.47 Å². The van der Waals surface area contributed by atoms with Crippen molar-refractivity contribution in [3.63, 3.8) is 0 Å². The number of rotatable bonds is 6. The molecule has 3 rings (SSSR count). The van der Waals surface area contributed by atoms with Gasteiger partial charge >= 0.3 is 6.09 Å². The molecule has 1 saturated heterocycles. The number of carbonyl (C=O) groups is 2. The summed E-state index contributed by atoms with van der Waals surface area (Å²) in [5.74, 6) is 1.48. The first-order valence-corrected chi connectivity index (χ1v) is 10.5. The van der Waals surface area contributed by atoms with Crippen LogP contribution in [0.4, 0.5) is 10.5 Å². The average Bonchev–Trinajstić information content (AvgIpc) is 3.14. The molecule has 8 nitrogen and oxygen atoms in total. The molecule has 1 atom stereocenters. The summed E-state index contributed by atoms with van der Waals surface area (Å²) < 4.78 is 16.5. The van der Waals surface area contributed by atoms with Gasteiger partial charge in [-0.2, -0.15) is 0 Å². The summed E-state index contributed by atoms with van der Waals surface area (Å²) in [7, 11) is 0. The summed E-state index contributed by atoms with van der Waals surface area (Å²) in [6.45, 7) is 10.6. The molecule has 1 aliphatic rings. The number of furan rings is 1. The Kier molecular flexibility index (Phi) is 7.35. The van der Waals surface area contributed by atoms with Gasteiger partial charge in [-0.25, -0.2) is 4.79 Å². The highest BCUT2D eigenvalue weighted by Gasteiger charge is 2.26. The predicted molar refractivity (Wildman–Crippen MR) is 117 cm³/mol. The maximum Gasteiger partial charge on any atom is 0.412 e. The van der Waals surface area contributed by atoms with Crippen LogP contribution in [0.5, 0.6) is 0 Å². The molecule has 31 heavy (non-hydrogen) atoms. The van der Waals surface area contributed by atoms with Gasteiger partial charge < -0.3 is 19.2 Å². The minimum atomic E-state index is -0.576. The van der Waals surface area contributed by atoms with Crippen molar-refractivity contribution in [2.45, 2.75) is 39.3 Å². The van der Waals surface area contributed by atoms with E-state index in [2.05, 4.69) is 15.5 Å². The Morgan fingerprint density at radius 3 is 2.35 bits per heavy atom. The van der Waals surface area contributed by atoms with Crippen LogP contribution >= 0.6 is 0 Å². The highest BCUT2D eigenvalue weighted by Crippen LogP contribution is 2.23. The number of morpholine rings is 1. The second-order valence-corrected chi connectivity index (χ2v) is 8.53. The van der Waals surface area contributed by atoms with E-state index in [0.717, 1.165) is 24.6 Å². The molecule has 0 aliphatic carbocycles. The van der Waals surface area contributed by atoms with Crippen LogP contribution in [0, 0.1) is 6.92 Å². The molecule has 2 amide bonds. The highest BCUT2D eigenvalue weighted by atomic mass is 16.6. The van der Waals surface area contributed by atoms with Gasteiger partial charge in [0, 0.05) is 30.9 Å². The lowest BCUT2D eigenvalue weighted by atomic mass is 10.1. The lowest BCUT2D eigenvalue weighted by molar-refractivity contribution is 0.0117. The molecule has 1 aliphatic heterocycles. The van der Waals surface area contributed by atoms with Crippen molar-refractivity contribution in [3.8, 4) is 0 Å². The van der Waals surface area contributed by atoms with E-state index in [9.17, 15) is 9.59 Å². The number of ether oxygens (including phenoxy) is 2. The van der Waals surface area contributed by atoms with E-state index < -0.39 is 11.7 Å². The van der Waals surface area contributed by atoms with E-state index in [4.69, 9.17) is 13.9 Å². The summed E-state index contributed by atoms with van der Waals surface area (Å²) in [5, 5.41) is 5.66. The SMILES string of the molecule is Cc1ccc(C(CNC(=O)c2ccc(NC(=O)OC(C)(C)C)cc2)N2CCOCC2)o1. The number of nitrogens with zero attached hydrogens (tertiary/aromatic N) is 1. The lowest BCUT2D eigenvalue weighted by Gasteiger charge is -2.33. The summed E-state index contributed by atoms with van der Waals surface area (Å²) >= 11 is 0. The van der Waals surface area contributed by atoms with Crippen LogP contribution < -0.4 is 10.6 Å². The number of amides is 2. The molecule has 168 valence electrons. The van der Waals surface area contributed by atoms with Crippen molar-refractivity contribution >= 4 is 17.7 Å². The third-order valence-corrected chi connectivity index (χ3v) is 4.82. The number of anilines is 1. The highest BCUT2D eigenvalue weighted by molar-refractivity contribution is 5.95. The normalized spacial score (nSPS) is 15.9. The smallest absolute Gasteiger partial charge is 0.412 e. The van der Waals surface area contributed by atoms with E-state index >= 15 is 0 Å². The molecular formula is C23H31N3O5. The maximum atomic E-state index is 12.7. The van der Waals surface area contributed by atoms with Crippen molar-refractivity contribution in [3.05, 3.63) is 53.5 Å². The van der Waals surface area contributed by atoms with Crippen LogP contribution in [0.25, 0.3) is 0 Å². The van der Waals surface area contributed by atoms with E-state index in [0.29, 0.717) is 31.0 Å². The zero-order valence-electron chi connectivity index (χ0n) is 18.6. The van der Waals surface area contributed by atoms with Crippen molar-refractivity contribution in [2.24, 2.45) is 0 Å². The Hall–Kier alpha value is -2.84. The van der Waals surface area contributed by atoms with Gasteiger partial charge in [0.25, 0.3) is 5.91 Å². The van der Waals surface area contributed by atoms with E-state index in [1.54, 1.807) is 45.0 Å². The third-order valence-electron chi connectivity index (χ3n) is 4.82. The predicted octanol–water partition coefficient (Wildman–Crippen LogP) is 3.74. The van der Waals surface area contributed by atoms with Crippen LogP contribution in [0.2, 0.25) is 0 Å². The summed E-state index contributed by atoms with van der Waals surface area (Å²) in [6, 6.07) is 10.5. The zero-order chi connectivity index (χ0) is 22.4. The minimum absolute atomic E-state index is 0.0605. The Balaban J connectivity index is 1.59. The molecule has 1 fully saturated rings.